The van der Waals surface area contributed by atoms with E-state index in [0.29, 0.717) is 0 Å². The lowest BCUT2D eigenvalue weighted by molar-refractivity contribution is 0.813. The first-order chi connectivity index (χ1) is 15.7. The molecule has 0 atom stereocenters. The van der Waals surface area contributed by atoms with Crippen molar-refractivity contribution in [3.05, 3.63) is 108 Å². The van der Waals surface area contributed by atoms with Crippen LogP contribution in [0, 0.1) is 0 Å². The van der Waals surface area contributed by atoms with E-state index in [0.717, 1.165) is 36.2 Å². The number of hydrogen-bond acceptors (Lipinski definition) is 2. The number of nitrogens with zero attached hydrogens (tertiary/aromatic N) is 2. The van der Waals surface area contributed by atoms with E-state index in [1.807, 2.05) is 0 Å². The summed E-state index contributed by atoms with van der Waals surface area (Å²) in [7, 11) is 4.15. The third kappa shape index (κ3) is 4.09. The third-order valence-corrected chi connectivity index (χ3v) is 6.21. The van der Waals surface area contributed by atoms with Crippen molar-refractivity contribution in [2.75, 3.05) is 19.0 Å². The number of hydrogen-bond donors (Lipinski definition) is 0. The minimum Gasteiger partial charge on any atom is -0.378 e. The number of fused-ring (bicyclic) bond motifs is 1. The number of anilines is 1. The maximum atomic E-state index is 5.22. The minimum atomic E-state index is 1.04. The fourth-order valence-corrected chi connectivity index (χ4v) is 4.51. The second kappa shape index (κ2) is 8.84. The van der Waals surface area contributed by atoms with Crippen LogP contribution in [0.5, 0.6) is 0 Å². The van der Waals surface area contributed by atoms with Crippen LogP contribution < -0.4 is 4.90 Å². The Morgan fingerprint density at radius 2 is 1.41 bits per heavy atom. The predicted molar refractivity (Wildman–Crippen MR) is 137 cm³/mol. The van der Waals surface area contributed by atoms with Gasteiger partial charge in [0.05, 0.1) is 11.4 Å². The third-order valence-electron chi connectivity index (χ3n) is 6.21. The molecule has 158 valence electrons. The topological polar surface area (TPSA) is 16.1 Å². The molecule has 0 N–H and O–H groups in total. The van der Waals surface area contributed by atoms with Crippen LogP contribution in [0.1, 0.15) is 29.7 Å². The maximum absolute atomic E-state index is 5.22. The second-order valence-corrected chi connectivity index (χ2v) is 8.62. The number of benzene rings is 3. The normalized spacial score (nSPS) is 14.2. The lowest BCUT2D eigenvalue weighted by atomic mass is 9.84. The molecule has 0 saturated carbocycles. The summed E-state index contributed by atoms with van der Waals surface area (Å²) in [6, 6.07) is 32.3. The molecule has 0 unspecified atom stereocenters. The molecule has 1 aliphatic carbocycles. The SMILES string of the molecule is CN(C)c1ccc(C=C2CCCc3c(-c4ccccc4)cc(-c4ccccc4)nc32)cc1. The molecule has 0 saturated heterocycles. The van der Waals surface area contributed by atoms with Gasteiger partial charge in [0.25, 0.3) is 0 Å². The first kappa shape index (κ1) is 20.3. The van der Waals surface area contributed by atoms with Gasteiger partial charge in [0.1, 0.15) is 0 Å². The average molecular weight is 417 g/mol. The summed E-state index contributed by atoms with van der Waals surface area (Å²) in [6.07, 6.45) is 5.61. The Morgan fingerprint density at radius 3 is 2.06 bits per heavy atom. The zero-order valence-corrected chi connectivity index (χ0v) is 18.8. The minimum absolute atomic E-state index is 1.04. The summed E-state index contributed by atoms with van der Waals surface area (Å²) >= 11 is 0. The van der Waals surface area contributed by atoms with Crippen molar-refractivity contribution < 1.29 is 0 Å². The largest absolute Gasteiger partial charge is 0.378 e. The molecule has 0 aliphatic heterocycles. The summed E-state index contributed by atoms with van der Waals surface area (Å²) in [6.45, 7) is 0. The second-order valence-electron chi connectivity index (χ2n) is 8.62. The van der Waals surface area contributed by atoms with Gasteiger partial charge in [0.2, 0.25) is 0 Å². The van der Waals surface area contributed by atoms with Crippen LogP contribution >= 0.6 is 0 Å². The highest BCUT2D eigenvalue weighted by molar-refractivity contribution is 5.87. The van der Waals surface area contributed by atoms with Crippen molar-refractivity contribution in [2.24, 2.45) is 0 Å². The molecule has 3 aromatic carbocycles. The van der Waals surface area contributed by atoms with Crippen LogP contribution in [0.25, 0.3) is 34.0 Å². The summed E-state index contributed by atoms with van der Waals surface area (Å²) in [5.41, 5.74) is 11.1. The van der Waals surface area contributed by atoms with Crippen LogP contribution in [0.4, 0.5) is 5.69 Å². The van der Waals surface area contributed by atoms with Gasteiger partial charge >= 0.3 is 0 Å². The molecule has 0 fully saturated rings. The number of rotatable bonds is 4. The van der Waals surface area contributed by atoms with Gasteiger partial charge in [-0.05, 0) is 71.4 Å². The van der Waals surface area contributed by atoms with Crippen molar-refractivity contribution in [3.8, 4) is 22.4 Å². The standard InChI is InChI=1S/C30H28N2/c1-32(2)26-18-16-22(17-19-26)20-25-14-9-15-27-28(23-10-5-3-6-11-23)21-29(31-30(25)27)24-12-7-4-8-13-24/h3-8,10-13,16-21H,9,14-15H2,1-2H3. The van der Waals surface area contributed by atoms with Crippen LogP contribution in [-0.2, 0) is 6.42 Å². The van der Waals surface area contributed by atoms with Crippen molar-refractivity contribution in [1.82, 2.24) is 4.98 Å². The van der Waals surface area contributed by atoms with Crippen LogP contribution in [0.2, 0.25) is 0 Å². The van der Waals surface area contributed by atoms with E-state index in [1.165, 1.54) is 33.5 Å². The Balaban J connectivity index is 1.66. The zero-order chi connectivity index (χ0) is 21.9. The van der Waals surface area contributed by atoms with Crippen molar-refractivity contribution in [2.45, 2.75) is 19.3 Å². The van der Waals surface area contributed by atoms with Gasteiger partial charge in [-0.15, -0.1) is 0 Å². The Kier molecular flexibility index (Phi) is 5.60. The van der Waals surface area contributed by atoms with E-state index in [2.05, 4.69) is 116 Å². The molecule has 2 heteroatoms. The predicted octanol–water partition coefficient (Wildman–Crippen LogP) is 7.36. The summed E-state index contributed by atoms with van der Waals surface area (Å²) in [4.78, 5) is 7.35. The molecule has 5 rings (SSSR count). The molecule has 0 bridgehead atoms. The Labute approximate surface area is 190 Å². The Bertz CT molecular complexity index is 1240. The summed E-state index contributed by atoms with van der Waals surface area (Å²) < 4.78 is 0. The molecular formula is C30H28N2. The lowest BCUT2D eigenvalue weighted by Crippen LogP contribution is -2.08. The van der Waals surface area contributed by atoms with Crippen LogP contribution in [-0.4, -0.2) is 19.1 Å². The molecule has 1 heterocycles. The van der Waals surface area contributed by atoms with E-state index >= 15 is 0 Å². The van der Waals surface area contributed by atoms with E-state index in [1.54, 1.807) is 0 Å². The van der Waals surface area contributed by atoms with Gasteiger partial charge in [-0.1, -0.05) is 72.8 Å². The molecule has 0 amide bonds. The number of pyridine rings is 1. The van der Waals surface area contributed by atoms with E-state index in [9.17, 15) is 0 Å². The molecule has 32 heavy (non-hydrogen) atoms. The maximum Gasteiger partial charge on any atom is 0.0715 e. The smallest absolute Gasteiger partial charge is 0.0715 e. The molecule has 0 spiro atoms. The highest BCUT2D eigenvalue weighted by Gasteiger charge is 2.21. The van der Waals surface area contributed by atoms with Gasteiger partial charge < -0.3 is 4.90 Å². The fraction of sp³-hybridized carbons (Fsp3) is 0.167. The lowest BCUT2D eigenvalue weighted by Gasteiger charge is -2.23. The molecule has 4 aromatic rings. The fourth-order valence-electron chi connectivity index (χ4n) is 4.51. The van der Waals surface area contributed by atoms with E-state index in [4.69, 9.17) is 4.98 Å². The van der Waals surface area contributed by atoms with Gasteiger partial charge in [0, 0.05) is 25.3 Å². The quantitative estimate of drug-likeness (QED) is 0.345. The monoisotopic (exact) mass is 416 g/mol. The average Bonchev–Trinajstić information content (AvgIpc) is 2.85. The Morgan fingerprint density at radius 1 is 0.750 bits per heavy atom. The van der Waals surface area contributed by atoms with Crippen LogP contribution in [0.15, 0.2) is 91.0 Å². The molecule has 2 nitrogen and oxygen atoms in total. The number of allylic oxidation sites excluding steroid dienone is 1. The van der Waals surface area contributed by atoms with Crippen molar-refractivity contribution >= 4 is 17.3 Å². The van der Waals surface area contributed by atoms with Gasteiger partial charge in [-0.2, -0.15) is 0 Å². The van der Waals surface area contributed by atoms with Gasteiger partial charge in [-0.3, -0.25) is 0 Å². The zero-order valence-electron chi connectivity index (χ0n) is 18.8. The first-order valence-electron chi connectivity index (χ1n) is 11.3. The highest BCUT2D eigenvalue weighted by atomic mass is 15.1. The molecule has 0 radical (unpaired) electrons. The molecule has 1 aromatic heterocycles. The van der Waals surface area contributed by atoms with E-state index in [-0.39, 0.29) is 0 Å². The summed E-state index contributed by atoms with van der Waals surface area (Å²) in [5, 5.41) is 0. The Hall–Kier alpha value is -3.65. The van der Waals surface area contributed by atoms with E-state index < -0.39 is 0 Å². The molecular weight excluding hydrogens is 388 g/mol. The van der Waals surface area contributed by atoms with Gasteiger partial charge in [-0.25, -0.2) is 4.98 Å². The van der Waals surface area contributed by atoms with Gasteiger partial charge in [0.15, 0.2) is 0 Å². The number of aromatic nitrogens is 1. The summed E-state index contributed by atoms with van der Waals surface area (Å²) in [5.74, 6) is 0. The molecule has 1 aliphatic rings. The first-order valence-corrected chi connectivity index (χ1v) is 11.3. The van der Waals surface area contributed by atoms with Crippen LogP contribution in [0.3, 0.4) is 0 Å². The van der Waals surface area contributed by atoms with Crippen molar-refractivity contribution in [3.63, 3.8) is 0 Å². The van der Waals surface area contributed by atoms with Crippen molar-refractivity contribution in [1.29, 1.82) is 0 Å². The highest BCUT2D eigenvalue weighted by Crippen LogP contribution is 2.39.